The molecule has 0 saturated heterocycles. The van der Waals surface area contributed by atoms with E-state index in [-0.39, 0.29) is 0 Å². The molecule has 0 aromatic carbocycles. The van der Waals surface area contributed by atoms with Crippen molar-refractivity contribution in [3.05, 3.63) is 0 Å². The zero-order valence-electron chi connectivity index (χ0n) is 25.6. The number of amides is 1. The van der Waals surface area contributed by atoms with Crippen LogP contribution in [0.15, 0.2) is 0 Å². The molecule has 0 aromatic rings. The fourth-order valence-electron chi connectivity index (χ4n) is 3.39. The first-order chi connectivity index (χ1) is 25.7. The van der Waals surface area contributed by atoms with Crippen LogP contribution in [0.2, 0.25) is 0 Å². The van der Waals surface area contributed by atoms with E-state index in [4.69, 9.17) is 5.11 Å². The number of nitrogens with zero attached hydrogens (tertiary/aromatic N) is 2. The minimum atomic E-state index is -10.3. The Morgan fingerprint density at radius 2 is 0.525 bits per heavy atom. The summed E-state index contributed by atoms with van der Waals surface area (Å²) in [7, 11) is 0. The van der Waals surface area contributed by atoms with Crippen molar-refractivity contribution in [3.8, 4) is 0 Å². The van der Waals surface area contributed by atoms with Crippen molar-refractivity contribution in [1.29, 1.82) is 0 Å². The highest BCUT2D eigenvalue weighted by molar-refractivity contribution is 5.90. The zero-order valence-corrected chi connectivity index (χ0v) is 25.6. The zero-order chi connectivity index (χ0) is 50.8. The fourth-order valence-corrected chi connectivity index (χ4v) is 3.39. The van der Waals surface area contributed by atoms with Crippen LogP contribution in [0.5, 0.6) is 0 Å². The van der Waals surface area contributed by atoms with Gasteiger partial charge in [-0.25, -0.2) is 4.79 Å². The molecule has 5 nitrogen and oxygen atoms in total. The molecule has 0 aliphatic carbocycles. The minimum Gasteiger partial charge on any atom is -0.477 e. The molecule has 0 spiro atoms. The lowest BCUT2D eigenvalue weighted by Crippen LogP contribution is -2.79. The number of carbonyl (C=O) groups is 2. The first-order valence-electron chi connectivity index (χ1n) is 12.5. The van der Waals surface area contributed by atoms with Crippen molar-refractivity contribution in [1.82, 2.24) is 10.5 Å². The van der Waals surface area contributed by atoms with Gasteiger partial charge in [0.2, 0.25) is 0 Å². The Hall–Kier alpha value is -3.69. The van der Waals surface area contributed by atoms with Crippen LogP contribution in [0.3, 0.4) is 0 Å². The molecule has 1 atom stereocenters. The van der Waals surface area contributed by atoms with Crippen LogP contribution in [-0.4, -0.2) is 128 Å². The molecule has 42 heteroatoms. The highest BCUT2D eigenvalue weighted by Crippen LogP contribution is 2.68. The van der Waals surface area contributed by atoms with E-state index in [1.807, 2.05) is 0 Å². The van der Waals surface area contributed by atoms with Crippen LogP contribution in [0.1, 0.15) is 0 Å². The van der Waals surface area contributed by atoms with Crippen LogP contribution in [-0.2, 0) is 9.59 Å². The Labute approximate surface area is 302 Å². The molecule has 0 aliphatic heterocycles. The van der Waals surface area contributed by atoms with E-state index in [0.29, 0.717) is 0 Å². The maximum atomic E-state index is 14.5. The van der Waals surface area contributed by atoms with Crippen molar-refractivity contribution in [2.24, 2.45) is 0 Å². The fraction of sp³-hybridized carbons (Fsp3) is 0.895. The summed E-state index contributed by atoms with van der Waals surface area (Å²) in [6, 6.07) is -8.31. The van der Waals surface area contributed by atoms with Gasteiger partial charge < -0.3 is 5.11 Å². The molecule has 0 saturated carbocycles. The first-order valence-corrected chi connectivity index (χ1v) is 12.5. The largest absolute Gasteiger partial charge is 0.477 e. The third-order valence-electron chi connectivity index (χ3n) is 7.10. The van der Waals surface area contributed by atoms with Gasteiger partial charge in [0.15, 0.2) is 0 Å². The number of hydrogen-bond acceptors (Lipinski definition) is 3. The van der Waals surface area contributed by atoms with Gasteiger partial charge in [0.05, 0.1) is 5.34 Å². The molecule has 1 N–H and O–H groups in total. The normalized spacial score (nSPS) is 17.4. The first kappa shape index (κ1) is 57.3. The van der Waals surface area contributed by atoms with E-state index in [1.54, 1.807) is 0 Å². The van der Waals surface area contributed by atoms with E-state index in [1.165, 1.54) is 0 Å². The summed E-state index contributed by atoms with van der Waals surface area (Å²) in [5.74, 6) is -157. The second-order valence-electron chi connectivity index (χ2n) is 10.8. The molecular weight excluding hydrogens is 1010 g/mol. The highest BCUT2D eigenvalue weighted by atomic mass is 19.4. The maximum absolute atomic E-state index is 14.5. The Balaban J connectivity index is 7.86. The van der Waals surface area contributed by atoms with Gasteiger partial charge in [0, 0.05) is 0 Å². The van der Waals surface area contributed by atoms with E-state index < -0.39 is 123 Å². The summed E-state index contributed by atoms with van der Waals surface area (Å²) in [6.45, 7) is 0. The monoisotopic (exact) mass is 1010 g/mol. The number of alkyl halides is 34. The van der Waals surface area contributed by atoms with Gasteiger partial charge in [0.25, 0.3) is 0 Å². The molecule has 1 amide bonds. The SMILES string of the molecule is O=C(N(F)[C@](F)(C(=O)O)C(F)(F)C(F)(F)C(F)(F)C(F)(F)N(F)F)C(F)(F)C(F)(F)C(F)(F)C(F)(F)C(F)(F)C(F)(F)C(F)(F)C(F)(F)C(F)(F)C(F)(F)C(F)(F)C(F)(F)F. The number of hydrogen-bond donors (Lipinski definition) is 1. The maximum Gasteiger partial charge on any atom is 0.460 e. The third kappa shape index (κ3) is 6.54. The van der Waals surface area contributed by atoms with E-state index >= 15 is 0 Å². The number of carboxylic acid groups (broad SMARTS) is 1. The van der Waals surface area contributed by atoms with Crippen molar-refractivity contribution in [2.45, 2.75) is 101 Å². The van der Waals surface area contributed by atoms with Gasteiger partial charge in [0.1, 0.15) is 0 Å². The van der Waals surface area contributed by atoms with E-state index in [0.717, 1.165) is 0 Å². The van der Waals surface area contributed by atoms with Crippen molar-refractivity contribution in [2.75, 3.05) is 0 Å². The van der Waals surface area contributed by atoms with E-state index in [9.17, 15) is 172 Å². The highest BCUT2D eigenvalue weighted by Gasteiger charge is 3.00. The van der Waals surface area contributed by atoms with Crippen LogP contribution in [0.25, 0.3) is 0 Å². The van der Waals surface area contributed by atoms with Crippen LogP contribution in [0, 0.1) is 0 Å². The van der Waals surface area contributed by atoms with Gasteiger partial charge in [-0.15, -0.1) is 5.12 Å². The third-order valence-corrected chi connectivity index (χ3v) is 7.10. The molecule has 0 rings (SSSR count). The Bertz CT molecular complexity index is 1660. The number of rotatable bonds is 18. The molecule has 0 bridgehead atoms. The van der Waals surface area contributed by atoms with Crippen LogP contribution < -0.4 is 0 Å². The lowest BCUT2D eigenvalue weighted by Gasteiger charge is -2.45. The van der Waals surface area contributed by atoms with Gasteiger partial charge in [-0.05, 0) is 0 Å². The van der Waals surface area contributed by atoms with Crippen LogP contribution >= 0.6 is 0 Å². The molecule has 364 valence electrons. The van der Waals surface area contributed by atoms with Crippen LogP contribution in [0.4, 0.5) is 163 Å². The predicted molar refractivity (Wildman–Crippen MR) is 104 cm³/mol. The predicted octanol–water partition coefficient (Wildman–Crippen LogP) is 10.6. The lowest BCUT2D eigenvalue weighted by molar-refractivity contribution is -0.481. The number of carboxylic acids is 1. The molecule has 0 radical (unpaired) electrons. The number of aliphatic carboxylic acids is 1. The van der Waals surface area contributed by atoms with Crippen molar-refractivity contribution >= 4 is 11.9 Å². The summed E-state index contributed by atoms with van der Waals surface area (Å²) in [5, 5.41) is -1.62. The summed E-state index contributed by atoms with van der Waals surface area (Å²) in [4.78, 5) is 22.0. The van der Waals surface area contributed by atoms with E-state index in [2.05, 4.69) is 0 Å². The topological polar surface area (TPSA) is 60.9 Å². The summed E-state index contributed by atoms with van der Waals surface area (Å²) in [5.41, 5.74) is 0. The van der Waals surface area contributed by atoms with Gasteiger partial charge in [-0.3, -0.25) is 4.79 Å². The Morgan fingerprint density at radius 1 is 0.311 bits per heavy atom. The Kier molecular flexibility index (Phi) is 13.3. The van der Waals surface area contributed by atoms with Crippen molar-refractivity contribution in [3.63, 3.8) is 0 Å². The second kappa shape index (κ2) is 14.2. The standard InChI is InChI=1S/C19HF37N2O3/c20-3(21,1(59)57(54)4(22,2(60)61)6(25,26)8(29,30)17(47,48)19(52,53)58(55)56)5(23,24)7(27,28)9(31,32)10(33,34)11(35,36)12(37,38)13(39,40)14(41,42)15(43,44)16(45,46)18(49,50)51/h(H,60,61)/t4-/m1/s1. The number of halogens is 37. The van der Waals surface area contributed by atoms with Gasteiger partial charge >= 0.3 is 113 Å². The summed E-state index contributed by atoms with van der Waals surface area (Å²) in [6.07, 6.45) is -8.47. The molecule has 0 heterocycles. The van der Waals surface area contributed by atoms with Gasteiger partial charge in [-0.2, -0.15) is 149 Å². The molecule has 0 aliphatic rings. The molecule has 61 heavy (non-hydrogen) atoms. The summed E-state index contributed by atoms with van der Waals surface area (Å²) >= 11 is 0. The van der Waals surface area contributed by atoms with Crippen molar-refractivity contribution < 1.29 is 177 Å². The molecule has 0 aromatic heterocycles. The second-order valence-corrected chi connectivity index (χ2v) is 10.8. The molecular formula is C19HF37N2O3. The molecule has 0 unspecified atom stereocenters. The quantitative estimate of drug-likeness (QED) is 0.0845. The summed E-state index contributed by atoms with van der Waals surface area (Å²) < 4.78 is 498. The number of carbonyl (C=O) groups excluding carboxylic acids is 1. The average Bonchev–Trinajstić information content (AvgIpc) is 3.04. The lowest BCUT2D eigenvalue weighted by atomic mass is 9.84. The Morgan fingerprint density at radius 3 is 0.738 bits per heavy atom. The van der Waals surface area contributed by atoms with Gasteiger partial charge in [-0.1, -0.05) is 13.4 Å². The minimum absolute atomic E-state index is 4.60. The molecule has 0 fully saturated rings. The smallest absolute Gasteiger partial charge is 0.460 e. The average molecular weight is 1010 g/mol.